The highest BCUT2D eigenvalue weighted by Gasteiger charge is 2.05. The van der Waals surface area contributed by atoms with Crippen molar-refractivity contribution >= 4 is 27.3 Å². The normalized spacial score (nSPS) is 10.5. The number of nitrogens with zero attached hydrogens (tertiary/aromatic N) is 1. The van der Waals surface area contributed by atoms with Gasteiger partial charge in [-0.1, -0.05) is 6.92 Å². The second kappa shape index (κ2) is 4.18. The molecule has 0 aromatic carbocycles. The van der Waals surface area contributed by atoms with Gasteiger partial charge in [0.2, 0.25) is 0 Å². The molecule has 0 fully saturated rings. The van der Waals surface area contributed by atoms with Crippen molar-refractivity contribution in [3.63, 3.8) is 0 Å². The van der Waals surface area contributed by atoms with Gasteiger partial charge >= 0.3 is 0 Å². The summed E-state index contributed by atoms with van der Waals surface area (Å²) in [5, 5.41) is 1.18. The highest BCUT2D eigenvalue weighted by atomic mass is 79.9. The minimum Gasteiger partial charge on any atom is -0.325 e. The topological polar surface area (TPSA) is 38.9 Å². The predicted molar refractivity (Wildman–Crippen MR) is 51.7 cm³/mol. The second-order valence-electron chi connectivity index (χ2n) is 2.28. The van der Waals surface area contributed by atoms with E-state index in [2.05, 4.69) is 27.8 Å². The fourth-order valence-electron chi connectivity index (χ4n) is 0.826. The molecule has 2 N–H and O–H groups in total. The Bertz CT molecular complexity index is 234. The molecule has 0 aliphatic carbocycles. The smallest absolute Gasteiger partial charge is 0.0945 e. The van der Waals surface area contributed by atoms with Crippen molar-refractivity contribution in [1.29, 1.82) is 0 Å². The molecule has 0 amide bonds. The molecular weight excluding hydrogens is 224 g/mol. The maximum absolute atomic E-state index is 5.47. The Morgan fingerprint density at radius 1 is 1.64 bits per heavy atom. The van der Waals surface area contributed by atoms with Gasteiger partial charge in [-0.15, -0.1) is 11.3 Å². The molecule has 0 atom stereocenters. The summed E-state index contributed by atoms with van der Waals surface area (Å²) in [6.07, 6.45) is 2.20. The summed E-state index contributed by atoms with van der Waals surface area (Å²) in [4.78, 5) is 4.36. The standard InChI is InChI=1S/C7H11BrN2S/c1-2-3-6-10-5(4-9)7(8)11-6/h2-4,9H2,1H3. The molecule has 0 aliphatic heterocycles. The van der Waals surface area contributed by atoms with Crippen molar-refractivity contribution in [2.75, 3.05) is 0 Å². The van der Waals surface area contributed by atoms with E-state index in [0.29, 0.717) is 6.54 Å². The molecule has 0 spiro atoms. The summed E-state index contributed by atoms with van der Waals surface area (Å²) < 4.78 is 1.09. The molecule has 1 rings (SSSR count). The SMILES string of the molecule is CCCc1nc(CN)c(Br)s1. The second-order valence-corrected chi connectivity index (χ2v) is 4.68. The van der Waals surface area contributed by atoms with E-state index in [4.69, 9.17) is 5.73 Å². The molecule has 0 saturated heterocycles. The molecule has 0 aliphatic rings. The van der Waals surface area contributed by atoms with Crippen LogP contribution in [0.4, 0.5) is 0 Å². The van der Waals surface area contributed by atoms with Crippen LogP contribution in [-0.4, -0.2) is 4.98 Å². The van der Waals surface area contributed by atoms with Crippen LogP contribution in [0.5, 0.6) is 0 Å². The molecule has 0 bridgehead atoms. The van der Waals surface area contributed by atoms with Gasteiger partial charge < -0.3 is 5.73 Å². The van der Waals surface area contributed by atoms with Crippen LogP contribution in [0.2, 0.25) is 0 Å². The molecule has 0 radical (unpaired) electrons. The number of aryl methyl sites for hydroxylation is 1. The molecule has 1 heterocycles. The highest BCUT2D eigenvalue weighted by molar-refractivity contribution is 9.11. The minimum absolute atomic E-state index is 0.529. The quantitative estimate of drug-likeness (QED) is 0.873. The van der Waals surface area contributed by atoms with Gasteiger partial charge in [0.25, 0.3) is 0 Å². The number of halogens is 1. The first-order valence-electron chi connectivity index (χ1n) is 3.62. The fourth-order valence-corrected chi connectivity index (χ4v) is 2.55. The summed E-state index contributed by atoms with van der Waals surface area (Å²) in [6, 6.07) is 0. The summed E-state index contributed by atoms with van der Waals surface area (Å²) in [5.74, 6) is 0. The molecule has 1 aromatic heterocycles. The van der Waals surface area contributed by atoms with Gasteiger partial charge in [-0.3, -0.25) is 0 Å². The van der Waals surface area contributed by atoms with Gasteiger partial charge in [-0.25, -0.2) is 4.98 Å². The van der Waals surface area contributed by atoms with Gasteiger partial charge in [-0.2, -0.15) is 0 Å². The van der Waals surface area contributed by atoms with Crippen LogP contribution in [0.1, 0.15) is 24.0 Å². The highest BCUT2D eigenvalue weighted by Crippen LogP contribution is 2.25. The number of rotatable bonds is 3. The molecule has 4 heteroatoms. The Morgan fingerprint density at radius 3 is 2.82 bits per heavy atom. The lowest BCUT2D eigenvalue weighted by molar-refractivity contribution is 0.887. The van der Waals surface area contributed by atoms with E-state index in [1.54, 1.807) is 11.3 Å². The third-order valence-corrected chi connectivity index (χ3v) is 3.24. The maximum atomic E-state index is 5.47. The van der Waals surface area contributed by atoms with Crippen molar-refractivity contribution in [3.8, 4) is 0 Å². The van der Waals surface area contributed by atoms with Crippen molar-refractivity contribution in [2.24, 2.45) is 5.73 Å². The van der Waals surface area contributed by atoms with E-state index in [1.165, 1.54) is 5.01 Å². The monoisotopic (exact) mass is 234 g/mol. The van der Waals surface area contributed by atoms with E-state index in [-0.39, 0.29) is 0 Å². The first-order chi connectivity index (χ1) is 5.27. The zero-order valence-electron chi connectivity index (χ0n) is 6.43. The first kappa shape index (κ1) is 9.16. The fraction of sp³-hybridized carbons (Fsp3) is 0.571. The summed E-state index contributed by atoms with van der Waals surface area (Å²) in [7, 11) is 0. The van der Waals surface area contributed by atoms with Crippen molar-refractivity contribution in [1.82, 2.24) is 4.98 Å². The van der Waals surface area contributed by atoms with Crippen molar-refractivity contribution in [3.05, 3.63) is 14.5 Å². The lowest BCUT2D eigenvalue weighted by atomic mass is 10.3. The lowest BCUT2D eigenvalue weighted by Crippen LogP contribution is -1.97. The molecule has 0 saturated carbocycles. The molecule has 11 heavy (non-hydrogen) atoms. The zero-order valence-corrected chi connectivity index (χ0v) is 8.83. The van der Waals surface area contributed by atoms with E-state index in [9.17, 15) is 0 Å². The van der Waals surface area contributed by atoms with Crippen LogP contribution in [0.3, 0.4) is 0 Å². The average molecular weight is 235 g/mol. The Morgan fingerprint density at radius 2 is 2.36 bits per heavy atom. The Balaban J connectivity index is 2.77. The molecular formula is C7H11BrN2S. The predicted octanol–water partition coefficient (Wildman–Crippen LogP) is 2.32. The molecule has 0 unspecified atom stereocenters. The van der Waals surface area contributed by atoms with Crippen molar-refractivity contribution in [2.45, 2.75) is 26.3 Å². The van der Waals surface area contributed by atoms with Gasteiger partial charge in [0, 0.05) is 6.54 Å². The van der Waals surface area contributed by atoms with E-state index >= 15 is 0 Å². The van der Waals surface area contributed by atoms with Gasteiger partial charge in [-0.05, 0) is 28.8 Å². The average Bonchev–Trinajstić information content (AvgIpc) is 2.32. The Kier molecular flexibility index (Phi) is 3.48. The zero-order chi connectivity index (χ0) is 8.27. The maximum Gasteiger partial charge on any atom is 0.0945 e. The van der Waals surface area contributed by atoms with Gasteiger partial charge in [0.1, 0.15) is 0 Å². The van der Waals surface area contributed by atoms with Crippen LogP contribution in [0, 0.1) is 0 Å². The third-order valence-electron chi connectivity index (χ3n) is 1.35. The Labute approximate surface area is 79.0 Å². The number of aromatic nitrogens is 1. The lowest BCUT2D eigenvalue weighted by Gasteiger charge is -1.87. The molecule has 62 valence electrons. The van der Waals surface area contributed by atoms with Gasteiger partial charge in [0.05, 0.1) is 14.5 Å². The number of nitrogens with two attached hydrogens (primary N) is 1. The number of thiazole rings is 1. The van der Waals surface area contributed by atoms with Crippen LogP contribution >= 0.6 is 27.3 Å². The van der Waals surface area contributed by atoms with Gasteiger partial charge in [0.15, 0.2) is 0 Å². The number of hydrogen-bond acceptors (Lipinski definition) is 3. The van der Waals surface area contributed by atoms with Crippen LogP contribution in [-0.2, 0) is 13.0 Å². The molecule has 2 nitrogen and oxygen atoms in total. The van der Waals surface area contributed by atoms with Crippen LogP contribution in [0.15, 0.2) is 3.79 Å². The summed E-state index contributed by atoms with van der Waals surface area (Å²) in [6.45, 7) is 2.68. The first-order valence-corrected chi connectivity index (χ1v) is 5.23. The van der Waals surface area contributed by atoms with Crippen LogP contribution in [0.25, 0.3) is 0 Å². The van der Waals surface area contributed by atoms with E-state index in [0.717, 1.165) is 22.3 Å². The largest absolute Gasteiger partial charge is 0.325 e. The van der Waals surface area contributed by atoms with Crippen molar-refractivity contribution < 1.29 is 0 Å². The molecule has 1 aromatic rings. The van der Waals surface area contributed by atoms with Crippen LogP contribution < -0.4 is 5.73 Å². The minimum atomic E-state index is 0.529. The van der Waals surface area contributed by atoms with E-state index < -0.39 is 0 Å². The summed E-state index contributed by atoms with van der Waals surface area (Å²) >= 11 is 5.11. The summed E-state index contributed by atoms with van der Waals surface area (Å²) in [5.41, 5.74) is 6.46. The third kappa shape index (κ3) is 2.25. The van der Waals surface area contributed by atoms with E-state index in [1.807, 2.05) is 0 Å². The Hall–Kier alpha value is 0.0700. The number of hydrogen-bond donors (Lipinski definition) is 1.